The molecule has 0 radical (unpaired) electrons. The molecule has 68 heavy (non-hydrogen) atoms. The summed E-state index contributed by atoms with van der Waals surface area (Å²) in [4.78, 5) is 10.3. The third kappa shape index (κ3) is 4.70. The zero-order chi connectivity index (χ0) is 44.2. The van der Waals surface area contributed by atoms with E-state index in [4.69, 9.17) is 28.9 Å². The Morgan fingerprint density at radius 2 is 0.691 bits per heavy atom. The average Bonchev–Trinajstić information content (AvgIpc) is 3.91. The van der Waals surface area contributed by atoms with E-state index in [1.165, 1.54) is 0 Å². The summed E-state index contributed by atoms with van der Waals surface area (Å²) in [5.74, 6) is 5.97. The number of aromatic nitrogens is 4. The maximum atomic E-state index is 7.52. The number of nitrogens with zero attached hydrogens (tertiary/aromatic N) is 4. The van der Waals surface area contributed by atoms with E-state index in [1.807, 2.05) is 48.8 Å². The van der Waals surface area contributed by atoms with Crippen LogP contribution in [0.15, 0.2) is 194 Å². The first-order chi connectivity index (χ1) is 33.8. The van der Waals surface area contributed by atoms with E-state index in [0.717, 1.165) is 122 Å². The van der Waals surface area contributed by atoms with Crippen molar-refractivity contribution in [2.75, 3.05) is 0 Å². The molecule has 12 aromatic rings. The van der Waals surface area contributed by atoms with Gasteiger partial charge in [-0.1, -0.05) is 109 Å². The Balaban J connectivity index is 1.14. The molecule has 16 rings (SSSR count). The van der Waals surface area contributed by atoms with Crippen LogP contribution >= 0.6 is 0 Å². The van der Waals surface area contributed by atoms with Crippen LogP contribution in [-0.4, -0.2) is 32.5 Å². The van der Waals surface area contributed by atoms with Crippen LogP contribution in [0.5, 0.6) is 46.0 Å². The summed E-state index contributed by atoms with van der Waals surface area (Å²) in [6.45, 7) is -0.396. The van der Waals surface area contributed by atoms with Gasteiger partial charge in [-0.15, -0.1) is 0 Å². The zero-order valence-electron chi connectivity index (χ0n) is 36.1. The van der Waals surface area contributed by atoms with Crippen molar-refractivity contribution in [3.05, 3.63) is 194 Å². The molecule has 0 saturated heterocycles. The topological polar surface area (TPSA) is 72.6 Å². The van der Waals surface area contributed by atoms with Gasteiger partial charge in [0.25, 0.3) is 13.4 Å². The van der Waals surface area contributed by atoms with Crippen LogP contribution in [0.1, 0.15) is 0 Å². The number of hydrogen-bond acceptors (Lipinski definition) is 6. The van der Waals surface area contributed by atoms with Crippen molar-refractivity contribution in [1.82, 2.24) is 19.1 Å². The lowest BCUT2D eigenvalue weighted by Crippen LogP contribution is -2.58. The highest BCUT2D eigenvalue weighted by Gasteiger charge is 2.47. The van der Waals surface area contributed by atoms with Crippen LogP contribution in [-0.2, 0) is 0 Å². The minimum absolute atomic E-state index is 0.198. The molecule has 0 atom stereocenters. The summed E-state index contributed by atoms with van der Waals surface area (Å²) in [6.07, 6.45) is 3.74. The zero-order valence-corrected chi connectivity index (χ0v) is 36.1. The van der Waals surface area contributed by atoms with E-state index in [9.17, 15) is 0 Å². The number of pyridine rings is 2. The predicted octanol–water partition coefficient (Wildman–Crippen LogP) is 9.79. The van der Waals surface area contributed by atoms with E-state index in [1.54, 1.807) is 0 Å². The number of rotatable bonds is 3. The van der Waals surface area contributed by atoms with Gasteiger partial charge in [0.05, 0.1) is 33.5 Å². The third-order valence-electron chi connectivity index (χ3n) is 14.5. The van der Waals surface area contributed by atoms with Crippen LogP contribution < -0.4 is 51.7 Å². The van der Waals surface area contributed by atoms with Crippen molar-refractivity contribution in [3.63, 3.8) is 0 Å². The molecular formula is C58H32B2N4O4. The molecule has 0 N–H and O–H groups in total. The highest BCUT2D eigenvalue weighted by atomic mass is 16.5. The van der Waals surface area contributed by atoms with Gasteiger partial charge < -0.3 is 18.9 Å². The minimum Gasteiger partial charge on any atom is -0.458 e. The summed E-state index contributed by atoms with van der Waals surface area (Å²) >= 11 is 0. The molecule has 0 saturated carbocycles. The molecule has 10 heteroatoms. The Bertz CT molecular complexity index is 3820. The Kier molecular flexibility index (Phi) is 7.09. The first kappa shape index (κ1) is 36.2. The highest BCUT2D eigenvalue weighted by molar-refractivity contribution is 6.99. The number of benzene rings is 8. The third-order valence-corrected chi connectivity index (χ3v) is 14.5. The van der Waals surface area contributed by atoms with E-state index in [2.05, 4.69) is 155 Å². The standard InChI is InChI=1S/C58H32B2N4O4/c1-7-23-41-33(15-1)35-17-13-29-61-57(35)63(41)43-31-49-53-55(67-47-27-11-5-21-39(47)59(53)37-19-3-9-25-45(37)65-49)51(43)52-44(64-42-24-8-2-16-34(42)36-18-14-30-62-58(36)64)32-50-54-56(52)68-48-28-12-6-22-40(48)60(54)38-20-4-10-26-46(38)66-50/h1-32H. The smallest absolute Gasteiger partial charge is 0.260 e. The molecule has 0 bridgehead atoms. The van der Waals surface area contributed by atoms with E-state index in [-0.39, 0.29) is 13.4 Å². The van der Waals surface area contributed by atoms with Crippen molar-refractivity contribution in [2.24, 2.45) is 0 Å². The summed E-state index contributed by atoms with van der Waals surface area (Å²) < 4.78 is 33.8. The SMILES string of the molecule is c1ccc2c(c1)Oc1cc(-n3c4ccccc4c4cccnc43)c(-c3c(-n4c5ccccc5c5cccnc54)cc4c5c3Oc3ccccc3B5c3ccccc3O4)c3c1B2c1ccccc1O3. The van der Waals surface area contributed by atoms with Crippen LogP contribution in [0, 0.1) is 0 Å². The maximum Gasteiger partial charge on any atom is 0.260 e. The molecule has 4 aliphatic rings. The lowest BCUT2D eigenvalue weighted by atomic mass is 9.34. The molecule has 4 aliphatic heterocycles. The summed E-state index contributed by atoms with van der Waals surface area (Å²) in [6, 6.07) is 63.3. The monoisotopic (exact) mass is 870 g/mol. The average molecular weight is 871 g/mol. The van der Waals surface area contributed by atoms with Gasteiger partial charge in [0.1, 0.15) is 57.3 Å². The molecule has 8 aromatic carbocycles. The molecule has 0 fully saturated rings. The summed E-state index contributed by atoms with van der Waals surface area (Å²) in [7, 11) is 0. The summed E-state index contributed by atoms with van der Waals surface area (Å²) in [5, 5.41) is 4.23. The second-order valence-electron chi connectivity index (χ2n) is 17.9. The molecule has 0 aliphatic carbocycles. The Labute approximate surface area is 389 Å². The molecule has 8 heterocycles. The summed E-state index contributed by atoms with van der Waals surface area (Å²) in [5.41, 5.74) is 13.1. The Hall–Kier alpha value is -9.01. The molecule has 314 valence electrons. The first-order valence-corrected chi connectivity index (χ1v) is 22.9. The first-order valence-electron chi connectivity index (χ1n) is 22.9. The minimum atomic E-state index is -0.198. The fourth-order valence-corrected chi connectivity index (χ4v) is 11.8. The van der Waals surface area contributed by atoms with Gasteiger partial charge in [-0.2, -0.15) is 0 Å². The van der Waals surface area contributed by atoms with Crippen molar-refractivity contribution in [3.8, 4) is 68.5 Å². The second-order valence-corrected chi connectivity index (χ2v) is 17.9. The number of ether oxygens (including phenoxy) is 4. The molecular weight excluding hydrogens is 838 g/mol. The van der Waals surface area contributed by atoms with Crippen molar-refractivity contribution < 1.29 is 18.9 Å². The van der Waals surface area contributed by atoms with Crippen molar-refractivity contribution in [1.29, 1.82) is 0 Å². The number of para-hydroxylation sites is 6. The normalized spacial score (nSPS) is 13.4. The van der Waals surface area contributed by atoms with Gasteiger partial charge in [-0.05, 0) is 82.5 Å². The lowest BCUT2D eigenvalue weighted by molar-refractivity contribution is 0.460. The number of hydrogen-bond donors (Lipinski definition) is 0. The quantitative estimate of drug-likeness (QED) is 0.165. The van der Waals surface area contributed by atoms with Gasteiger partial charge in [0, 0.05) is 57.0 Å². The van der Waals surface area contributed by atoms with Gasteiger partial charge >= 0.3 is 0 Å². The van der Waals surface area contributed by atoms with Crippen LogP contribution in [0.25, 0.3) is 66.4 Å². The molecule has 4 aromatic heterocycles. The highest BCUT2D eigenvalue weighted by Crippen LogP contribution is 2.53. The fraction of sp³-hybridized carbons (Fsp3) is 0. The molecule has 0 unspecified atom stereocenters. The van der Waals surface area contributed by atoms with Gasteiger partial charge in [-0.25, -0.2) is 9.97 Å². The van der Waals surface area contributed by atoms with Gasteiger partial charge in [0.2, 0.25) is 0 Å². The van der Waals surface area contributed by atoms with Crippen molar-refractivity contribution >= 4 is 90.1 Å². The second kappa shape index (κ2) is 13.3. The predicted molar refractivity (Wildman–Crippen MR) is 272 cm³/mol. The largest absolute Gasteiger partial charge is 0.458 e. The van der Waals surface area contributed by atoms with Crippen molar-refractivity contribution in [2.45, 2.75) is 0 Å². The lowest BCUT2D eigenvalue weighted by Gasteiger charge is -2.37. The van der Waals surface area contributed by atoms with E-state index in [0.29, 0.717) is 23.0 Å². The van der Waals surface area contributed by atoms with Crippen LogP contribution in [0.2, 0.25) is 0 Å². The Morgan fingerprint density at radius 1 is 0.338 bits per heavy atom. The molecule has 0 amide bonds. The van der Waals surface area contributed by atoms with Crippen LogP contribution in [0.3, 0.4) is 0 Å². The fourth-order valence-electron chi connectivity index (χ4n) is 11.8. The van der Waals surface area contributed by atoms with E-state index >= 15 is 0 Å². The molecule has 8 nitrogen and oxygen atoms in total. The maximum absolute atomic E-state index is 7.52. The van der Waals surface area contributed by atoms with Gasteiger partial charge in [-0.3, -0.25) is 9.13 Å². The van der Waals surface area contributed by atoms with E-state index < -0.39 is 0 Å². The number of fused-ring (bicyclic) bond motifs is 14. The molecule has 0 spiro atoms. The Morgan fingerprint density at radius 3 is 1.12 bits per heavy atom. The van der Waals surface area contributed by atoms with Gasteiger partial charge in [0.15, 0.2) is 0 Å². The van der Waals surface area contributed by atoms with Crippen LogP contribution in [0.4, 0.5) is 0 Å².